The molecule has 0 aliphatic heterocycles. The smallest absolute Gasteiger partial charge is 0.150 e. The zero-order valence-corrected chi connectivity index (χ0v) is 13.7. The van der Waals surface area contributed by atoms with Crippen LogP contribution in [-0.2, 0) is 6.42 Å². The zero-order valence-electron chi connectivity index (χ0n) is 13.7. The van der Waals surface area contributed by atoms with Gasteiger partial charge in [-0.2, -0.15) is 0 Å². The van der Waals surface area contributed by atoms with Crippen LogP contribution in [0.4, 0.5) is 5.69 Å². The van der Waals surface area contributed by atoms with Crippen LogP contribution in [0.5, 0.6) is 23.0 Å². The number of rotatable bonds is 6. The Bertz CT molecular complexity index is 800. The second-order valence-corrected chi connectivity index (χ2v) is 5.57. The van der Waals surface area contributed by atoms with Crippen LogP contribution >= 0.6 is 0 Å². The van der Waals surface area contributed by atoms with Crippen molar-refractivity contribution in [2.75, 3.05) is 5.73 Å². The van der Waals surface area contributed by atoms with Crippen LogP contribution < -0.4 is 15.2 Å². The average molecular weight is 319 g/mol. The van der Waals surface area contributed by atoms with E-state index in [1.54, 1.807) is 0 Å². The second kappa shape index (κ2) is 7.55. The summed E-state index contributed by atoms with van der Waals surface area (Å²) < 4.78 is 11.8. The fourth-order valence-corrected chi connectivity index (χ4v) is 2.52. The summed E-state index contributed by atoms with van der Waals surface area (Å²) in [6.07, 6.45) is 1.99. The van der Waals surface area contributed by atoms with E-state index >= 15 is 0 Å². The van der Waals surface area contributed by atoms with Crippen molar-refractivity contribution < 1.29 is 9.47 Å². The fourth-order valence-electron chi connectivity index (χ4n) is 2.52. The number of nitrogens with two attached hydrogens (primary N) is 1. The van der Waals surface area contributed by atoms with E-state index in [0.29, 0.717) is 17.2 Å². The minimum Gasteiger partial charge on any atom is -0.457 e. The molecule has 24 heavy (non-hydrogen) atoms. The molecule has 0 amide bonds. The van der Waals surface area contributed by atoms with Gasteiger partial charge in [-0.3, -0.25) is 0 Å². The lowest BCUT2D eigenvalue weighted by molar-refractivity contribution is 0.461. The summed E-state index contributed by atoms with van der Waals surface area (Å²) in [7, 11) is 0. The van der Waals surface area contributed by atoms with Crippen LogP contribution in [0.2, 0.25) is 0 Å². The molecule has 0 spiro atoms. The molecule has 0 aliphatic carbocycles. The van der Waals surface area contributed by atoms with Crippen LogP contribution in [0.15, 0.2) is 72.8 Å². The monoisotopic (exact) mass is 319 g/mol. The highest BCUT2D eigenvalue weighted by atomic mass is 16.5. The highest BCUT2D eigenvalue weighted by molar-refractivity contribution is 5.59. The molecular weight excluding hydrogens is 298 g/mol. The zero-order chi connectivity index (χ0) is 16.8. The summed E-state index contributed by atoms with van der Waals surface area (Å²) in [5.74, 6) is 2.89. The van der Waals surface area contributed by atoms with Gasteiger partial charge in [-0.05, 0) is 42.3 Å². The number of benzene rings is 3. The number of hydrogen-bond acceptors (Lipinski definition) is 3. The first-order valence-electron chi connectivity index (χ1n) is 8.14. The number of aryl methyl sites for hydroxylation is 1. The van der Waals surface area contributed by atoms with Crippen molar-refractivity contribution in [3.8, 4) is 23.0 Å². The molecule has 3 nitrogen and oxygen atoms in total. The molecule has 3 aromatic carbocycles. The summed E-state index contributed by atoms with van der Waals surface area (Å²) >= 11 is 0. The van der Waals surface area contributed by atoms with Crippen molar-refractivity contribution in [3.63, 3.8) is 0 Å². The van der Waals surface area contributed by atoms with Gasteiger partial charge in [0, 0.05) is 6.07 Å². The number of anilines is 1. The summed E-state index contributed by atoms with van der Waals surface area (Å²) in [6.45, 7) is 2.14. The molecule has 0 bridgehead atoms. The lowest BCUT2D eigenvalue weighted by atomic mass is 10.1. The van der Waals surface area contributed by atoms with Crippen molar-refractivity contribution in [2.24, 2.45) is 0 Å². The van der Waals surface area contributed by atoms with Crippen LogP contribution in [0.3, 0.4) is 0 Å². The Kier molecular flexibility index (Phi) is 5.02. The van der Waals surface area contributed by atoms with Crippen LogP contribution in [0.25, 0.3) is 0 Å². The van der Waals surface area contributed by atoms with E-state index in [4.69, 9.17) is 15.2 Å². The number of ether oxygens (including phenoxy) is 2. The van der Waals surface area contributed by atoms with Gasteiger partial charge in [-0.15, -0.1) is 0 Å². The Morgan fingerprint density at radius 2 is 1.42 bits per heavy atom. The molecule has 122 valence electrons. The maximum atomic E-state index is 6.22. The fraction of sp³-hybridized carbons (Fsp3) is 0.143. The van der Waals surface area contributed by atoms with E-state index in [1.807, 2.05) is 72.8 Å². The van der Waals surface area contributed by atoms with Crippen LogP contribution in [0, 0.1) is 0 Å². The molecule has 0 saturated heterocycles. The number of para-hydroxylation sites is 2. The van der Waals surface area contributed by atoms with E-state index in [1.165, 1.54) is 0 Å². The van der Waals surface area contributed by atoms with Crippen LogP contribution in [0.1, 0.15) is 18.9 Å². The van der Waals surface area contributed by atoms with Gasteiger partial charge in [0.1, 0.15) is 17.2 Å². The summed E-state index contributed by atoms with van der Waals surface area (Å²) in [6, 6.07) is 23.1. The number of nitrogen functional groups attached to an aromatic ring is 1. The Hall–Kier alpha value is -2.94. The molecule has 0 aromatic heterocycles. The quantitative estimate of drug-likeness (QED) is 0.583. The molecule has 3 rings (SSSR count). The molecule has 3 heteroatoms. The minimum absolute atomic E-state index is 0.679. The third-order valence-electron chi connectivity index (χ3n) is 3.69. The highest BCUT2D eigenvalue weighted by Gasteiger charge is 2.07. The topological polar surface area (TPSA) is 44.5 Å². The third-order valence-corrected chi connectivity index (χ3v) is 3.69. The largest absolute Gasteiger partial charge is 0.457 e. The number of hydrogen-bond donors (Lipinski definition) is 1. The summed E-state index contributed by atoms with van der Waals surface area (Å²) in [5.41, 5.74) is 8.04. The molecule has 0 aliphatic rings. The molecular formula is C21H21NO2. The average Bonchev–Trinajstić information content (AvgIpc) is 2.60. The highest BCUT2D eigenvalue weighted by Crippen LogP contribution is 2.33. The van der Waals surface area contributed by atoms with Crippen molar-refractivity contribution in [1.82, 2.24) is 0 Å². The first-order chi connectivity index (χ1) is 11.8. The molecule has 0 unspecified atom stereocenters. The van der Waals surface area contributed by atoms with Gasteiger partial charge in [0.25, 0.3) is 0 Å². The molecule has 3 aromatic rings. The molecule has 0 saturated carbocycles. The molecule has 0 fully saturated rings. The van der Waals surface area contributed by atoms with Gasteiger partial charge < -0.3 is 15.2 Å². The van der Waals surface area contributed by atoms with Crippen molar-refractivity contribution >= 4 is 5.69 Å². The van der Waals surface area contributed by atoms with E-state index in [0.717, 1.165) is 29.9 Å². The predicted octanol–water partition coefficient (Wildman–Crippen LogP) is 5.81. The Labute approximate surface area is 142 Å². The first kappa shape index (κ1) is 15.9. The van der Waals surface area contributed by atoms with E-state index in [-0.39, 0.29) is 0 Å². The lowest BCUT2D eigenvalue weighted by Crippen LogP contribution is -1.97. The van der Waals surface area contributed by atoms with Crippen molar-refractivity contribution in [1.29, 1.82) is 0 Å². The van der Waals surface area contributed by atoms with Crippen molar-refractivity contribution in [3.05, 3.63) is 78.4 Å². The van der Waals surface area contributed by atoms with E-state index in [9.17, 15) is 0 Å². The van der Waals surface area contributed by atoms with Crippen molar-refractivity contribution in [2.45, 2.75) is 19.8 Å². The van der Waals surface area contributed by atoms with Gasteiger partial charge in [-0.25, -0.2) is 0 Å². The molecule has 0 radical (unpaired) electrons. The molecule has 0 atom stereocenters. The van der Waals surface area contributed by atoms with Gasteiger partial charge in [0.2, 0.25) is 0 Å². The van der Waals surface area contributed by atoms with E-state index in [2.05, 4.69) is 6.92 Å². The first-order valence-corrected chi connectivity index (χ1v) is 8.14. The Morgan fingerprint density at radius 3 is 2.17 bits per heavy atom. The van der Waals surface area contributed by atoms with Gasteiger partial charge in [0.05, 0.1) is 5.69 Å². The van der Waals surface area contributed by atoms with E-state index < -0.39 is 0 Å². The van der Waals surface area contributed by atoms with Gasteiger partial charge >= 0.3 is 0 Å². The third kappa shape index (κ3) is 3.87. The normalized spacial score (nSPS) is 10.4. The second-order valence-electron chi connectivity index (χ2n) is 5.57. The molecule has 2 N–H and O–H groups in total. The molecule has 0 heterocycles. The Morgan fingerprint density at radius 1 is 0.750 bits per heavy atom. The van der Waals surface area contributed by atoms with Gasteiger partial charge in [-0.1, -0.05) is 49.7 Å². The summed E-state index contributed by atoms with van der Waals surface area (Å²) in [4.78, 5) is 0. The standard InChI is InChI=1S/C21H21NO2/c1-2-8-16-9-6-14-20(21(16)22)24-19-13-7-12-18(15-19)23-17-10-4-3-5-11-17/h3-7,9-15H,2,8,22H2,1H3. The predicted molar refractivity (Wildman–Crippen MR) is 97.9 cm³/mol. The van der Waals surface area contributed by atoms with Gasteiger partial charge in [0.15, 0.2) is 5.75 Å². The maximum Gasteiger partial charge on any atom is 0.150 e. The summed E-state index contributed by atoms with van der Waals surface area (Å²) in [5, 5.41) is 0. The SMILES string of the molecule is CCCc1cccc(Oc2cccc(Oc3ccccc3)c2)c1N. The minimum atomic E-state index is 0.679. The Balaban J connectivity index is 1.79. The lowest BCUT2D eigenvalue weighted by Gasteiger charge is -2.13. The van der Waals surface area contributed by atoms with Crippen LogP contribution in [-0.4, -0.2) is 0 Å². The maximum absolute atomic E-state index is 6.22.